The molecule has 792 valence electrons. The van der Waals surface area contributed by atoms with Crippen molar-refractivity contribution in [2.75, 3.05) is 80.8 Å². The van der Waals surface area contributed by atoms with Gasteiger partial charge < -0.3 is 97.7 Å². The first-order valence-corrected chi connectivity index (χ1v) is 49.1. The molecule has 4 aromatic rings. The lowest BCUT2D eigenvalue weighted by Gasteiger charge is -2.28. The Morgan fingerprint density at radius 3 is 0.736 bits per heavy atom. The Hall–Kier alpha value is -7.88. The van der Waals surface area contributed by atoms with Crippen LogP contribution >= 0.6 is 80.2 Å². The lowest BCUT2D eigenvalue weighted by molar-refractivity contribution is -0.164. The van der Waals surface area contributed by atoms with Crippen LogP contribution in [0.3, 0.4) is 0 Å². The van der Waals surface area contributed by atoms with E-state index in [0.717, 1.165) is 38.1 Å². The lowest BCUT2D eigenvalue weighted by atomic mass is 9.96. The Labute approximate surface area is 817 Å². The largest absolute Gasteiger partial charge is 0.480 e. The molecule has 16 atom stereocenters. The Morgan fingerprint density at radius 1 is 0.364 bits per heavy atom. The summed E-state index contributed by atoms with van der Waals surface area (Å²) in [5, 5.41) is 85.6. The van der Waals surface area contributed by atoms with Gasteiger partial charge in [0.25, 0.3) is 22.2 Å². The predicted octanol–water partition coefficient (Wildman–Crippen LogP) is 4.56. The molecule has 0 radical (unpaired) electrons. The molecule has 0 aromatic carbocycles. The lowest BCUT2D eigenvalue weighted by Crippen LogP contribution is -2.44. The number of esters is 8. The van der Waals surface area contributed by atoms with Gasteiger partial charge in [-0.25, -0.2) is 54.5 Å². The van der Waals surface area contributed by atoms with Crippen molar-refractivity contribution in [3.63, 3.8) is 0 Å². The van der Waals surface area contributed by atoms with Crippen LogP contribution in [0.4, 0.5) is 0 Å². The highest BCUT2D eigenvalue weighted by Gasteiger charge is 2.58. The van der Waals surface area contributed by atoms with Gasteiger partial charge in [-0.15, -0.1) is 0 Å². The van der Waals surface area contributed by atoms with Crippen molar-refractivity contribution >= 4 is 128 Å². The fraction of sp³-hybridized carbons (Fsp3) is 0.684. The minimum absolute atomic E-state index is 0.0370. The average molecular weight is 2160 g/mol. The molecule has 0 amide bonds. The van der Waals surface area contributed by atoms with E-state index in [4.69, 9.17) is 151 Å². The fourth-order valence-electron chi connectivity index (χ4n) is 11.3. The first kappa shape index (κ1) is 123. The minimum atomic E-state index is -4.57. The maximum atomic E-state index is 13.2. The Kier molecular flexibility index (Phi) is 46.7. The molecule has 4 aromatic heterocycles. The maximum Gasteiger partial charge on any atom is 0.480 e. The molecular weight excluding hydrogens is 2050 g/mol. The molecule has 4 saturated heterocycles. The number of carbonyl (C=O) groups is 8. The number of H-pyrrole nitrogens is 4. The number of aliphatic hydroxyl groups is 8. The maximum absolute atomic E-state index is 13.2. The zero-order valence-electron chi connectivity index (χ0n) is 78.7. The van der Waals surface area contributed by atoms with Crippen LogP contribution in [0.2, 0.25) is 0 Å². The second-order valence-electron chi connectivity index (χ2n) is 33.4. The second-order valence-corrected chi connectivity index (χ2v) is 41.6. The van der Waals surface area contributed by atoms with Gasteiger partial charge in [-0.05, 0) is 118 Å². The van der Waals surface area contributed by atoms with Gasteiger partial charge in [0.1, 0.15) is 71.2 Å². The molecular formula is C76H116N8O48P4S4. The van der Waals surface area contributed by atoms with E-state index in [2.05, 4.69) is 29.4 Å². The number of hydrogen-bond donors (Lipinski definition) is 12. The summed E-state index contributed by atoms with van der Waals surface area (Å²) in [4.78, 5) is 147. The van der Waals surface area contributed by atoms with Crippen LogP contribution in [-0.4, -0.2) is 279 Å². The van der Waals surface area contributed by atoms with E-state index >= 15 is 0 Å². The highest BCUT2D eigenvalue weighted by atomic mass is 32.1. The van der Waals surface area contributed by atoms with Crippen LogP contribution in [0.25, 0.3) is 0 Å². The molecule has 0 spiro atoms. The Bertz CT molecular complexity index is 5490. The van der Waals surface area contributed by atoms with Gasteiger partial charge in [-0.3, -0.25) is 114 Å². The van der Waals surface area contributed by atoms with Crippen molar-refractivity contribution < 1.29 is 209 Å². The topological polar surface area (TPSA) is 739 Å². The molecule has 140 heavy (non-hydrogen) atoms. The number of nitrogens with zero attached hydrogens (tertiary/aromatic N) is 4. The number of carbonyl (C=O) groups excluding carboxylic acids is 8. The second kappa shape index (κ2) is 53.3. The van der Waals surface area contributed by atoms with E-state index in [1.165, 1.54) is 84.6 Å². The van der Waals surface area contributed by atoms with E-state index < -0.39 is 301 Å². The van der Waals surface area contributed by atoms with Crippen molar-refractivity contribution in [3.05, 3.63) is 110 Å². The summed E-state index contributed by atoms with van der Waals surface area (Å²) in [5.74, 6) is -6.32. The molecule has 4 aliphatic heterocycles. The first-order valence-electron chi connectivity index (χ1n) is 41.6. The Morgan fingerprint density at radius 2 is 0.557 bits per heavy atom. The third kappa shape index (κ3) is 36.4. The quantitative estimate of drug-likeness (QED) is 0.00949. The Balaban J connectivity index is 0.000000330. The van der Waals surface area contributed by atoms with Gasteiger partial charge in [0.05, 0.1) is 49.1 Å². The number of nitrogens with one attached hydrogen (secondary N) is 4. The number of phosphoric acid groups is 4. The number of aliphatic hydroxyl groups excluding tert-OH is 4. The van der Waals surface area contributed by atoms with Crippen LogP contribution in [0.5, 0.6) is 0 Å². The van der Waals surface area contributed by atoms with Gasteiger partial charge in [-0.1, -0.05) is 41.5 Å². The monoisotopic (exact) mass is 2160 g/mol. The first-order chi connectivity index (χ1) is 64.7. The molecule has 0 aliphatic carbocycles. The summed E-state index contributed by atoms with van der Waals surface area (Å²) in [7, 11) is -18.0. The van der Waals surface area contributed by atoms with E-state index in [-0.39, 0.29) is 31.9 Å². The SMILES string of the molecule is CC(=O)OCOP(=O)(OCOC(C)=O)OC[C@H]1O[C@@H](n2ccc(=O)[nH]c2=S)C(C)(O)[C@H]1O.CC(C)(C)C(=O)OCOP(=O)(OCOC(=O)C(C)(C)C)OC[C@H]1O[C@@H](n2ccc(=O)[nH]c2=S)C(C)(O)[C@H]1O.CC(C)C(=O)OCOP(=O)(OCOC(=O)C(C)C)OC[C@H]1O[C@@H](n2ccc(=O)[nH]c2=S)C(C)(O)[C@H]1O.CCC(=O)OCOP(=O)(OCOC(=O)CC)OC[C@H]1O[C@@H](n2ccc(=O)[nH]c2=S)C(C)(O)[C@H]1O. The van der Waals surface area contributed by atoms with Crippen molar-refractivity contribution in [1.29, 1.82) is 0 Å². The van der Waals surface area contributed by atoms with E-state index in [9.17, 15) is 117 Å². The van der Waals surface area contributed by atoms with E-state index in [1.807, 2.05) is 0 Å². The molecule has 64 heteroatoms. The molecule has 0 saturated carbocycles. The minimum Gasteiger partial charge on any atom is -0.438 e. The van der Waals surface area contributed by atoms with Gasteiger partial charge in [0.15, 0.2) is 44.0 Å². The zero-order chi connectivity index (χ0) is 106. The zero-order valence-corrected chi connectivity index (χ0v) is 85.6. The molecule has 8 rings (SSSR count). The van der Waals surface area contributed by atoms with Crippen molar-refractivity contribution in [2.24, 2.45) is 22.7 Å². The van der Waals surface area contributed by atoms with Crippen LogP contribution in [-0.2, 0) is 168 Å². The summed E-state index contributed by atoms with van der Waals surface area (Å²) in [6.07, 6.45) is -11.1. The smallest absolute Gasteiger partial charge is 0.438 e. The molecule has 8 heterocycles. The van der Waals surface area contributed by atoms with Crippen molar-refractivity contribution in [2.45, 2.75) is 234 Å². The van der Waals surface area contributed by atoms with Gasteiger partial charge in [0.2, 0.25) is 54.3 Å². The van der Waals surface area contributed by atoms with Gasteiger partial charge in [0, 0.05) is 75.7 Å². The third-order valence-electron chi connectivity index (χ3n) is 19.2. The molecule has 4 unspecified atom stereocenters. The van der Waals surface area contributed by atoms with Crippen molar-refractivity contribution in [3.8, 4) is 0 Å². The number of phosphoric ester groups is 4. The van der Waals surface area contributed by atoms with Crippen LogP contribution in [0.1, 0.15) is 162 Å². The number of ether oxygens (including phenoxy) is 12. The van der Waals surface area contributed by atoms with Gasteiger partial charge >= 0.3 is 79.0 Å². The van der Waals surface area contributed by atoms with Gasteiger partial charge in [-0.2, -0.15) is 0 Å². The van der Waals surface area contributed by atoms with E-state index in [0.29, 0.717) is 0 Å². The molecule has 4 fully saturated rings. The summed E-state index contributed by atoms with van der Waals surface area (Å²) in [6, 6.07) is 4.60. The van der Waals surface area contributed by atoms with Crippen LogP contribution in [0.15, 0.2) is 68.2 Å². The molecule has 4 aliphatic rings. The fourth-order valence-corrected chi connectivity index (χ4v) is 16.0. The average Bonchev–Trinajstić information content (AvgIpc) is 1.63. The summed E-state index contributed by atoms with van der Waals surface area (Å²) in [6.45, 7) is 17.4. The van der Waals surface area contributed by atoms with Crippen molar-refractivity contribution in [1.82, 2.24) is 38.2 Å². The highest BCUT2D eigenvalue weighted by molar-refractivity contribution is 7.71. The molecule has 56 nitrogen and oxygen atoms in total. The summed E-state index contributed by atoms with van der Waals surface area (Å²) in [5.41, 5.74) is -11.3. The van der Waals surface area contributed by atoms with E-state index in [1.54, 1.807) is 69.2 Å². The normalized spacial score (nSPS) is 24.7. The molecule has 0 bridgehead atoms. The molecule has 12 N–H and O–H groups in total. The van der Waals surface area contributed by atoms with Crippen LogP contribution < -0.4 is 22.2 Å². The number of aromatic nitrogens is 8. The highest BCUT2D eigenvalue weighted by Crippen LogP contribution is 2.55. The standard InChI is InChI=1S/C22H35N2O12PS.C20H31N2O12PS.C18H27N2O12PS.C16H23N2O12PS/c1-20(2,3)17(27)31-11-34-37(30,35-12-32-18(28)21(4,5)6)33-10-13-15(26)22(7,29)16(36-13)24-9-8-14(25)23-19(24)38;1-11(2)16(25)29-9-32-35(28,33-10-30-17(26)12(3)4)31-8-13-15(24)20(5,27)18(34-13)22-7-6-14(23)21-19(22)36;1-4-13(22)27-9-30-33(26,31-10-28-14(23)5-2)29-8-11-15(24)18(3,25)16(32-11)20-7-6-12(21)19-17(20)34;1-9(19)25-7-28-31(24,29-8-26-10(2)20)27-6-11-13(22)16(3,23)14(30-11)18-5-4-12(21)17-15(18)32/h8-9,13,15-16,26,29H,10-12H2,1-7H3,(H,23,25,38);6-7,11-13,15,18,24,27H,8-10H2,1-5H3,(H,21,23,36);6-7,11,15-16,24-25H,4-5,8-10H2,1-3H3,(H,19,21,34);4-5,11,13-14,22-23H,6-8H2,1-3H3,(H,17,21,32)/t13-,15+,16-,22?;13-,15+,18-,20?;11-,15+,16-,18?;11-,13+,14-,16?/m1111/s1. The number of rotatable bonds is 44. The number of aromatic amines is 4. The third-order valence-corrected chi connectivity index (χ3v) is 25.7. The summed E-state index contributed by atoms with van der Waals surface area (Å²) >= 11 is 20.3. The summed E-state index contributed by atoms with van der Waals surface area (Å²) < 4.78 is 178. The van der Waals surface area contributed by atoms with Crippen LogP contribution in [0, 0.1) is 41.8 Å². The predicted molar refractivity (Wildman–Crippen MR) is 477 cm³/mol. The number of hydrogen-bond acceptors (Lipinski definition) is 52.